The van der Waals surface area contributed by atoms with E-state index < -0.39 is 0 Å². The number of hydrogen-bond acceptors (Lipinski definition) is 5. The van der Waals surface area contributed by atoms with Crippen LogP contribution in [0, 0.1) is 11.3 Å². The van der Waals surface area contributed by atoms with Gasteiger partial charge in [0.2, 0.25) is 0 Å². The van der Waals surface area contributed by atoms with E-state index in [1.807, 2.05) is 13.1 Å². The summed E-state index contributed by atoms with van der Waals surface area (Å²) in [7, 11) is 5.74. The van der Waals surface area contributed by atoms with Crippen molar-refractivity contribution in [3.05, 3.63) is 54.0 Å². The van der Waals surface area contributed by atoms with Crippen molar-refractivity contribution in [3.8, 4) is 6.07 Å². The van der Waals surface area contributed by atoms with Crippen LogP contribution in [-0.4, -0.2) is 40.1 Å². The molecule has 0 aliphatic carbocycles. The van der Waals surface area contributed by atoms with Gasteiger partial charge in [-0.25, -0.2) is 4.98 Å². The number of hydrogen-bond donors (Lipinski definition) is 2. The van der Waals surface area contributed by atoms with Crippen molar-refractivity contribution in [2.45, 2.75) is 19.9 Å². The third-order valence-corrected chi connectivity index (χ3v) is 3.73. The van der Waals surface area contributed by atoms with Gasteiger partial charge in [-0.15, -0.1) is 0 Å². The molecule has 0 atom stereocenters. The van der Waals surface area contributed by atoms with Crippen molar-refractivity contribution in [1.29, 1.82) is 5.26 Å². The molecular formula is C17H17BN8. The number of aliphatic imine (C=N–C) groups is 1. The Balaban J connectivity index is 1.75. The lowest BCUT2D eigenvalue weighted by Crippen LogP contribution is -2.39. The minimum absolute atomic E-state index is 0.369. The molecule has 26 heavy (non-hydrogen) atoms. The van der Waals surface area contributed by atoms with E-state index in [9.17, 15) is 5.26 Å². The third kappa shape index (κ3) is 4.16. The quantitative estimate of drug-likeness (QED) is 0.458. The highest BCUT2D eigenvalue weighted by atomic mass is 15.3. The molecule has 0 fully saturated rings. The summed E-state index contributed by atoms with van der Waals surface area (Å²) in [6.07, 6.45) is 5.81. The molecule has 128 valence electrons. The Morgan fingerprint density at radius 3 is 3.04 bits per heavy atom. The zero-order valence-corrected chi connectivity index (χ0v) is 14.3. The van der Waals surface area contributed by atoms with Crippen LogP contribution in [0.1, 0.15) is 19.0 Å². The summed E-state index contributed by atoms with van der Waals surface area (Å²) in [5.74, 6) is 0.584. The molecule has 0 aromatic carbocycles. The minimum Gasteiger partial charge on any atom is -0.332 e. The minimum atomic E-state index is 0.369. The Labute approximate surface area is 152 Å². The Hall–Kier alpha value is -3.41. The van der Waals surface area contributed by atoms with E-state index in [2.05, 4.69) is 36.8 Å². The Bertz CT molecular complexity index is 905. The van der Waals surface area contributed by atoms with Gasteiger partial charge in [-0.3, -0.25) is 14.7 Å². The molecular weight excluding hydrogens is 327 g/mol. The molecule has 1 aliphatic heterocycles. The van der Waals surface area contributed by atoms with Crippen molar-refractivity contribution in [3.63, 3.8) is 0 Å². The lowest BCUT2D eigenvalue weighted by molar-refractivity contribution is 0.583. The average Bonchev–Trinajstić information content (AvgIpc) is 3.15. The summed E-state index contributed by atoms with van der Waals surface area (Å²) < 4.78 is 1.76. The van der Waals surface area contributed by atoms with Crippen molar-refractivity contribution in [2.24, 2.45) is 4.99 Å². The summed E-state index contributed by atoms with van der Waals surface area (Å²) in [4.78, 5) is 12.6. The molecule has 0 saturated heterocycles. The molecule has 0 amide bonds. The first-order valence-electron chi connectivity index (χ1n) is 8.12. The van der Waals surface area contributed by atoms with Crippen molar-refractivity contribution >= 4 is 25.0 Å². The van der Waals surface area contributed by atoms with Gasteiger partial charge in [-0.05, 0) is 30.6 Å². The summed E-state index contributed by atoms with van der Waals surface area (Å²) in [5.41, 5.74) is 2.86. The highest BCUT2D eigenvalue weighted by Gasteiger charge is 2.17. The van der Waals surface area contributed by atoms with Gasteiger partial charge in [0.05, 0.1) is 11.4 Å². The highest BCUT2D eigenvalue weighted by Crippen LogP contribution is 2.20. The van der Waals surface area contributed by atoms with E-state index in [0.717, 1.165) is 18.5 Å². The normalized spacial score (nSPS) is 17.1. The smallest absolute Gasteiger partial charge is 0.199 e. The van der Waals surface area contributed by atoms with Crippen LogP contribution in [0.4, 0.5) is 0 Å². The number of nitrogens with zero attached hydrogens (tertiary/aromatic N) is 6. The number of rotatable bonds is 5. The van der Waals surface area contributed by atoms with Gasteiger partial charge in [0.25, 0.3) is 0 Å². The zero-order valence-electron chi connectivity index (χ0n) is 14.3. The maximum Gasteiger partial charge on any atom is 0.199 e. The Morgan fingerprint density at radius 1 is 1.42 bits per heavy atom. The topological polar surface area (TPSA) is 104 Å². The summed E-state index contributed by atoms with van der Waals surface area (Å²) in [6, 6.07) is 7.42. The second kappa shape index (κ2) is 8.12. The van der Waals surface area contributed by atoms with E-state index in [4.69, 9.17) is 7.85 Å². The molecule has 8 nitrogen and oxygen atoms in total. The summed E-state index contributed by atoms with van der Waals surface area (Å²) in [5, 5.41) is 19.9. The zero-order chi connectivity index (χ0) is 18.4. The van der Waals surface area contributed by atoms with Crippen LogP contribution in [0.5, 0.6) is 0 Å². The molecule has 0 bridgehead atoms. The standard InChI is InChI=1S/C17H17BN8/c1-12-9-22-17(21-6-3-7-26-11-20-10-23-26)25-16(12)13(8-19)14-4-2-5-15(18)24-14/h2,4-5,9-11H,3,6-7H2,1H3,(H2,21,22,25). The maximum absolute atomic E-state index is 9.61. The molecule has 2 N–H and O–H groups in total. The molecule has 0 spiro atoms. The van der Waals surface area contributed by atoms with Crippen LogP contribution in [0.3, 0.4) is 0 Å². The number of aryl methyl sites for hydroxylation is 1. The lowest BCUT2D eigenvalue weighted by atomic mass is 10.0. The number of aromatic nitrogens is 4. The number of allylic oxidation sites excluding steroid dienone is 2. The molecule has 2 aromatic heterocycles. The molecule has 2 radical (unpaired) electrons. The van der Waals surface area contributed by atoms with Crippen LogP contribution in [0.25, 0.3) is 5.57 Å². The maximum atomic E-state index is 9.61. The number of guanidine groups is 1. The van der Waals surface area contributed by atoms with Gasteiger partial charge in [0, 0.05) is 19.3 Å². The van der Waals surface area contributed by atoms with Gasteiger partial charge < -0.3 is 10.6 Å². The van der Waals surface area contributed by atoms with E-state index in [1.54, 1.807) is 29.2 Å². The van der Waals surface area contributed by atoms with E-state index in [1.165, 1.54) is 6.33 Å². The van der Waals surface area contributed by atoms with Gasteiger partial charge in [0.1, 0.15) is 32.1 Å². The fourth-order valence-electron chi connectivity index (χ4n) is 2.45. The van der Waals surface area contributed by atoms with Gasteiger partial charge in [0.15, 0.2) is 5.96 Å². The third-order valence-electron chi connectivity index (χ3n) is 3.73. The van der Waals surface area contributed by atoms with E-state index >= 15 is 0 Å². The van der Waals surface area contributed by atoms with Crippen LogP contribution in [0.15, 0.2) is 53.3 Å². The molecule has 0 saturated carbocycles. The summed E-state index contributed by atoms with van der Waals surface area (Å²) in [6.45, 7) is 3.25. The number of pyridine rings is 1. The molecule has 9 heteroatoms. The van der Waals surface area contributed by atoms with Crippen LogP contribution < -0.4 is 16.2 Å². The largest absolute Gasteiger partial charge is 0.332 e. The average molecular weight is 344 g/mol. The first-order valence-corrected chi connectivity index (χ1v) is 8.12. The van der Waals surface area contributed by atoms with Crippen LogP contribution in [-0.2, 0) is 6.54 Å². The van der Waals surface area contributed by atoms with Gasteiger partial charge >= 0.3 is 0 Å². The fourth-order valence-corrected chi connectivity index (χ4v) is 2.45. The number of nitriles is 1. The SMILES string of the molecule is [B]c1cccc(C(C#N)=C2NC(=NCCCn3cncn3)NC=C2C)n1. The predicted octanol–water partition coefficient (Wildman–Crippen LogP) is 0.244. The van der Waals surface area contributed by atoms with Crippen molar-refractivity contribution < 1.29 is 0 Å². The first-order chi connectivity index (χ1) is 12.7. The number of nitrogens with one attached hydrogen (secondary N) is 2. The summed E-state index contributed by atoms with van der Waals surface area (Å²) >= 11 is 0. The van der Waals surface area contributed by atoms with Gasteiger partial charge in [-0.1, -0.05) is 12.1 Å². The van der Waals surface area contributed by atoms with E-state index in [0.29, 0.717) is 35.1 Å². The van der Waals surface area contributed by atoms with Crippen LogP contribution in [0.2, 0.25) is 0 Å². The lowest BCUT2D eigenvalue weighted by Gasteiger charge is -2.21. The molecule has 1 aliphatic rings. The Morgan fingerprint density at radius 2 is 2.31 bits per heavy atom. The molecule has 3 rings (SSSR count). The first kappa shape index (κ1) is 17.4. The fraction of sp³-hybridized carbons (Fsp3) is 0.235. The molecule has 3 heterocycles. The second-order valence-electron chi connectivity index (χ2n) is 5.65. The van der Waals surface area contributed by atoms with Crippen molar-refractivity contribution in [1.82, 2.24) is 30.4 Å². The molecule has 2 aromatic rings. The monoisotopic (exact) mass is 344 g/mol. The molecule has 0 unspecified atom stereocenters. The van der Waals surface area contributed by atoms with Crippen LogP contribution >= 0.6 is 0 Å². The van der Waals surface area contributed by atoms with Gasteiger partial charge in [-0.2, -0.15) is 10.4 Å². The van der Waals surface area contributed by atoms with E-state index in [-0.39, 0.29) is 0 Å². The Kier molecular flexibility index (Phi) is 5.44. The second-order valence-corrected chi connectivity index (χ2v) is 5.65. The van der Waals surface area contributed by atoms with Crippen molar-refractivity contribution in [2.75, 3.05) is 6.54 Å². The highest BCUT2D eigenvalue weighted by molar-refractivity contribution is 6.30. The predicted molar refractivity (Wildman–Crippen MR) is 99.1 cm³/mol.